The van der Waals surface area contributed by atoms with E-state index in [0.717, 1.165) is 12.8 Å². The van der Waals surface area contributed by atoms with E-state index >= 15 is 0 Å². The Morgan fingerprint density at radius 2 is 1.97 bits per heavy atom. The molecule has 0 aromatic carbocycles. The number of ether oxygens (including phenoxy) is 4. The number of aliphatic hydroxyl groups is 2. The number of nitrogens with one attached hydrogen (secondary N) is 1. The van der Waals surface area contributed by atoms with E-state index in [2.05, 4.69) is 32.2 Å². The van der Waals surface area contributed by atoms with Crippen LogP contribution in [0.15, 0.2) is 11.6 Å². The molecule has 194 valence electrons. The van der Waals surface area contributed by atoms with Crippen LogP contribution in [-0.4, -0.2) is 89.4 Å². The van der Waals surface area contributed by atoms with Crippen molar-refractivity contribution in [1.29, 1.82) is 0 Å². The summed E-state index contributed by atoms with van der Waals surface area (Å²) in [6, 6.07) is 0. The topological polar surface area (TPSA) is 150 Å². The molecular weight excluding hydrogens is 446 g/mol. The van der Waals surface area contributed by atoms with Crippen LogP contribution in [0.2, 0.25) is 0 Å². The number of alkyl carbamates (subject to hydrolysis) is 1. The minimum atomic E-state index is -1.13. The van der Waals surface area contributed by atoms with Crippen molar-refractivity contribution < 1.29 is 43.9 Å². The second-order valence-electron chi connectivity index (χ2n) is 10.2. The molecule has 0 aromatic rings. The van der Waals surface area contributed by atoms with Gasteiger partial charge in [0.25, 0.3) is 0 Å². The number of carbonyl (C=O) groups is 2. The van der Waals surface area contributed by atoms with Gasteiger partial charge in [0.2, 0.25) is 0 Å². The molecule has 34 heavy (non-hydrogen) atoms. The number of amides is 1. The van der Waals surface area contributed by atoms with Gasteiger partial charge in [0.1, 0.15) is 23.4 Å². The maximum absolute atomic E-state index is 12.4. The van der Waals surface area contributed by atoms with Crippen LogP contribution < -0.4 is 5.32 Å². The lowest BCUT2D eigenvalue weighted by atomic mass is 9.68. The first kappa shape index (κ1) is 26.9. The third-order valence-electron chi connectivity index (χ3n) is 7.20. The van der Waals surface area contributed by atoms with Crippen LogP contribution in [0.4, 0.5) is 4.79 Å². The SMILES string of the molecule is CO[C@@H]1[C@H](OC(=O)NCCC(O)CC(O)CC(=O)O)CC[C@]2(CO2)[C@H]1[C@@]1(C)O[C@@H]1CC=C(C)C. The normalized spacial score (nSPS) is 35.8. The molecule has 3 aliphatic rings. The van der Waals surface area contributed by atoms with Gasteiger partial charge in [-0.25, -0.2) is 4.79 Å². The van der Waals surface area contributed by atoms with Crippen molar-refractivity contribution >= 4 is 12.1 Å². The van der Waals surface area contributed by atoms with E-state index in [1.807, 2.05) is 0 Å². The summed E-state index contributed by atoms with van der Waals surface area (Å²) < 4.78 is 23.6. The number of aliphatic carboxylic acids is 1. The molecule has 2 heterocycles. The van der Waals surface area contributed by atoms with Gasteiger partial charge in [-0.3, -0.25) is 4.79 Å². The van der Waals surface area contributed by atoms with Crippen LogP contribution in [0.25, 0.3) is 0 Å². The Labute approximate surface area is 200 Å². The number of hydrogen-bond donors (Lipinski definition) is 4. The minimum absolute atomic E-state index is 0.0651. The zero-order chi connectivity index (χ0) is 25.1. The van der Waals surface area contributed by atoms with E-state index < -0.39 is 42.4 Å². The fourth-order valence-electron chi connectivity index (χ4n) is 5.31. The lowest BCUT2D eigenvalue weighted by Crippen LogP contribution is -2.56. The Balaban J connectivity index is 1.51. The Kier molecular flexibility index (Phi) is 8.62. The fourth-order valence-corrected chi connectivity index (χ4v) is 5.31. The molecule has 10 heteroatoms. The number of epoxide rings is 2. The first-order valence-corrected chi connectivity index (χ1v) is 12.0. The first-order valence-electron chi connectivity index (χ1n) is 12.0. The zero-order valence-corrected chi connectivity index (χ0v) is 20.5. The number of carbonyl (C=O) groups excluding carboxylic acids is 1. The van der Waals surface area contributed by atoms with Crippen molar-refractivity contribution in [2.75, 3.05) is 20.3 Å². The summed E-state index contributed by atoms with van der Waals surface area (Å²) in [6.45, 7) is 6.98. The predicted octanol–water partition coefficient (Wildman–Crippen LogP) is 1.77. The van der Waals surface area contributed by atoms with Gasteiger partial charge in [0, 0.05) is 13.7 Å². The molecule has 3 rings (SSSR count). The maximum Gasteiger partial charge on any atom is 0.407 e. The van der Waals surface area contributed by atoms with Crippen LogP contribution in [-0.2, 0) is 23.7 Å². The van der Waals surface area contributed by atoms with Crippen LogP contribution >= 0.6 is 0 Å². The molecule has 2 saturated heterocycles. The number of carboxylic acid groups (broad SMARTS) is 1. The van der Waals surface area contributed by atoms with Gasteiger partial charge < -0.3 is 39.6 Å². The molecule has 0 bridgehead atoms. The summed E-state index contributed by atoms with van der Waals surface area (Å²) in [6.07, 6.45) is 0.558. The number of carboxylic acids is 1. The molecule has 2 aliphatic heterocycles. The largest absolute Gasteiger partial charge is 0.481 e. The number of hydrogen-bond acceptors (Lipinski definition) is 8. The maximum atomic E-state index is 12.4. The zero-order valence-electron chi connectivity index (χ0n) is 20.5. The third kappa shape index (κ3) is 6.48. The third-order valence-corrected chi connectivity index (χ3v) is 7.20. The molecule has 1 saturated carbocycles. The highest BCUT2D eigenvalue weighted by molar-refractivity contribution is 5.67. The van der Waals surface area contributed by atoms with Crippen molar-refractivity contribution in [2.24, 2.45) is 5.92 Å². The Morgan fingerprint density at radius 3 is 2.56 bits per heavy atom. The summed E-state index contributed by atoms with van der Waals surface area (Å²) in [5.41, 5.74) is 0.524. The van der Waals surface area contributed by atoms with Crippen molar-refractivity contribution in [1.82, 2.24) is 5.32 Å². The van der Waals surface area contributed by atoms with Gasteiger partial charge >= 0.3 is 12.1 Å². The van der Waals surface area contributed by atoms with E-state index in [0.29, 0.717) is 13.0 Å². The van der Waals surface area contributed by atoms with Gasteiger partial charge in [-0.1, -0.05) is 11.6 Å². The molecule has 8 atom stereocenters. The minimum Gasteiger partial charge on any atom is -0.481 e. The number of aliphatic hydroxyl groups excluding tert-OH is 2. The van der Waals surface area contributed by atoms with E-state index in [9.17, 15) is 19.8 Å². The van der Waals surface area contributed by atoms with Gasteiger partial charge in [-0.05, 0) is 52.9 Å². The van der Waals surface area contributed by atoms with Gasteiger partial charge in [0.05, 0.1) is 37.3 Å². The quantitative estimate of drug-likeness (QED) is 0.239. The average Bonchev–Trinajstić information content (AvgIpc) is 3.64. The predicted molar refractivity (Wildman–Crippen MR) is 121 cm³/mol. The summed E-state index contributed by atoms with van der Waals surface area (Å²) in [4.78, 5) is 23.0. The lowest BCUT2D eigenvalue weighted by molar-refractivity contribution is -0.139. The number of methoxy groups -OCH3 is 1. The standard InChI is InChI=1S/C24H39NO9/c1-14(2)5-6-18-23(3,34-18)21-20(31-4)17(7-9-24(21)13-32-24)33-22(30)25-10-8-15(26)11-16(27)12-19(28)29/h5,15-18,20-21,26-27H,6-13H2,1-4H3,(H,25,30)(H,28,29)/t15?,16?,17-,18-,20-,21-,23+,24+/m1/s1. The smallest absolute Gasteiger partial charge is 0.407 e. The summed E-state index contributed by atoms with van der Waals surface area (Å²) in [5.74, 6) is -1.20. The highest BCUT2D eigenvalue weighted by atomic mass is 16.6. The second kappa shape index (κ2) is 10.9. The number of rotatable bonds is 12. The average molecular weight is 486 g/mol. The van der Waals surface area contributed by atoms with Crippen molar-refractivity contribution in [3.05, 3.63) is 11.6 Å². The second-order valence-corrected chi connectivity index (χ2v) is 10.2. The molecule has 1 spiro atoms. The molecule has 2 unspecified atom stereocenters. The van der Waals surface area contributed by atoms with Crippen molar-refractivity contribution in [3.8, 4) is 0 Å². The van der Waals surface area contributed by atoms with E-state index in [-0.39, 0.29) is 43.1 Å². The van der Waals surface area contributed by atoms with E-state index in [1.165, 1.54) is 5.57 Å². The fraction of sp³-hybridized carbons (Fsp3) is 0.833. The summed E-state index contributed by atoms with van der Waals surface area (Å²) in [5, 5.41) is 30.8. The molecule has 1 aliphatic carbocycles. The molecule has 0 radical (unpaired) electrons. The summed E-state index contributed by atoms with van der Waals surface area (Å²) in [7, 11) is 1.61. The van der Waals surface area contributed by atoms with Crippen molar-refractivity contribution in [3.63, 3.8) is 0 Å². The molecule has 3 fully saturated rings. The molecule has 1 amide bonds. The molecule has 10 nitrogen and oxygen atoms in total. The highest BCUT2D eigenvalue weighted by Crippen LogP contribution is 2.59. The molecular formula is C24H39NO9. The Hall–Kier alpha value is -1.72. The van der Waals surface area contributed by atoms with Gasteiger partial charge in [0.15, 0.2) is 0 Å². The molecule has 4 N–H and O–H groups in total. The van der Waals surface area contributed by atoms with Gasteiger partial charge in [-0.2, -0.15) is 0 Å². The molecule has 0 aromatic heterocycles. The van der Waals surface area contributed by atoms with Crippen LogP contribution in [0.5, 0.6) is 0 Å². The van der Waals surface area contributed by atoms with Gasteiger partial charge in [-0.15, -0.1) is 0 Å². The monoisotopic (exact) mass is 485 g/mol. The summed E-state index contributed by atoms with van der Waals surface area (Å²) >= 11 is 0. The highest BCUT2D eigenvalue weighted by Gasteiger charge is 2.72. The van der Waals surface area contributed by atoms with Crippen molar-refractivity contribution in [2.45, 2.75) is 101 Å². The van der Waals surface area contributed by atoms with E-state index in [1.54, 1.807) is 7.11 Å². The lowest BCUT2D eigenvalue weighted by Gasteiger charge is -2.42. The van der Waals surface area contributed by atoms with Crippen LogP contribution in [0, 0.1) is 5.92 Å². The van der Waals surface area contributed by atoms with Crippen LogP contribution in [0.1, 0.15) is 59.3 Å². The van der Waals surface area contributed by atoms with E-state index in [4.69, 9.17) is 24.1 Å². The first-order chi connectivity index (χ1) is 16.0. The van der Waals surface area contributed by atoms with Crippen LogP contribution in [0.3, 0.4) is 0 Å². The number of allylic oxidation sites excluding steroid dienone is 1. The Morgan fingerprint density at radius 1 is 1.26 bits per heavy atom. The Bertz CT molecular complexity index is 764.